The van der Waals surface area contributed by atoms with E-state index in [9.17, 15) is 0 Å². The van der Waals surface area contributed by atoms with Crippen molar-refractivity contribution in [3.63, 3.8) is 0 Å². The van der Waals surface area contributed by atoms with Crippen LogP contribution in [0.1, 0.15) is 52.8 Å². The molecule has 0 saturated carbocycles. The molecule has 2 aliphatic carbocycles. The molecule has 2 nitrogen and oxygen atoms in total. The molecule has 7 aromatic rings. The SMILES string of the molecule is C=C1/C=C\C=C/N(c2ccccc2)c2ccc(N(c3ccccc3)c3ccc4c(c3)C3(c5ccccc5-4)c4cc(CC)ccc4-c4ccc(CC)cc43)cc21. The van der Waals surface area contributed by atoms with E-state index < -0.39 is 5.41 Å². The molecular weight excluding hydrogens is 665 g/mol. The Labute approximate surface area is 324 Å². The molecule has 264 valence electrons. The molecule has 0 atom stereocenters. The fourth-order valence-corrected chi connectivity index (χ4v) is 9.29. The largest absolute Gasteiger partial charge is 0.317 e. The summed E-state index contributed by atoms with van der Waals surface area (Å²) in [4.78, 5) is 4.67. The third kappa shape index (κ3) is 5.02. The van der Waals surface area contributed by atoms with Crippen LogP contribution in [0.3, 0.4) is 0 Å². The molecular formula is C53H42N2. The number of aryl methyl sites for hydroxylation is 2. The van der Waals surface area contributed by atoms with Gasteiger partial charge < -0.3 is 9.80 Å². The van der Waals surface area contributed by atoms with Gasteiger partial charge in [-0.1, -0.05) is 136 Å². The lowest BCUT2D eigenvalue weighted by atomic mass is 9.70. The number of rotatable bonds is 6. The quantitative estimate of drug-likeness (QED) is 0.170. The highest BCUT2D eigenvalue weighted by atomic mass is 15.2. The van der Waals surface area contributed by atoms with Gasteiger partial charge in [0.05, 0.1) is 11.1 Å². The predicted molar refractivity (Wildman–Crippen MR) is 232 cm³/mol. The second-order valence-electron chi connectivity index (χ2n) is 14.8. The first kappa shape index (κ1) is 33.0. The van der Waals surface area contributed by atoms with E-state index in [0.29, 0.717) is 0 Å². The third-order valence-electron chi connectivity index (χ3n) is 11.9. The molecule has 3 aliphatic rings. The highest BCUT2D eigenvalue weighted by molar-refractivity contribution is 5.97. The first-order chi connectivity index (χ1) is 27.1. The summed E-state index contributed by atoms with van der Waals surface area (Å²) in [6, 6.07) is 58.8. The van der Waals surface area contributed by atoms with Crippen LogP contribution in [0, 0.1) is 0 Å². The molecule has 2 heteroatoms. The number of nitrogens with zero attached hydrogens (tertiary/aromatic N) is 2. The molecule has 0 bridgehead atoms. The topological polar surface area (TPSA) is 6.48 Å². The average molecular weight is 707 g/mol. The Balaban J connectivity index is 1.22. The van der Waals surface area contributed by atoms with Crippen molar-refractivity contribution >= 4 is 34.0 Å². The number of anilines is 5. The van der Waals surface area contributed by atoms with E-state index in [0.717, 1.165) is 52.4 Å². The van der Waals surface area contributed by atoms with Crippen LogP contribution in [0.2, 0.25) is 0 Å². The van der Waals surface area contributed by atoms with Crippen LogP contribution < -0.4 is 9.80 Å². The van der Waals surface area contributed by atoms with Gasteiger partial charge in [0.15, 0.2) is 0 Å². The molecule has 0 N–H and O–H groups in total. The van der Waals surface area contributed by atoms with E-state index >= 15 is 0 Å². The first-order valence-corrected chi connectivity index (χ1v) is 19.5. The van der Waals surface area contributed by atoms with E-state index in [4.69, 9.17) is 0 Å². The molecule has 0 saturated heterocycles. The fourth-order valence-electron chi connectivity index (χ4n) is 9.29. The van der Waals surface area contributed by atoms with Crippen LogP contribution in [-0.2, 0) is 18.3 Å². The lowest BCUT2D eigenvalue weighted by Crippen LogP contribution is -2.26. The van der Waals surface area contributed by atoms with Gasteiger partial charge >= 0.3 is 0 Å². The lowest BCUT2D eigenvalue weighted by Gasteiger charge is -2.33. The number of benzene rings is 7. The van der Waals surface area contributed by atoms with E-state index in [-0.39, 0.29) is 0 Å². The Hall–Kier alpha value is -6.64. The average Bonchev–Trinajstić information content (AvgIpc) is 3.70. The standard InChI is InChI=1S/C53H42N2/c1-4-37-23-27-44-45-28-24-38(5-2)33-50(45)53(49(44)32-37)48-22-13-12-21-43(48)46-29-25-42(35-51(46)53)55(40-19-10-7-11-20-40)41-26-30-52-47(34-41)36(3)16-14-15-31-54(52)39-17-8-6-9-18-39/h6-35H,3-5H2,1-2H3/b16-14-,31-15-. The molecule has 1 spiro atoms. The molecule has 1 heterocycles. The van der Waals surface area contributed by atoms with Crippen LogP contribution in [0.15, 0.2) is 189 Å². The maximum absolute atomic E-state index is 4.55. The van der Waals surface area contributed by atoms with Gasteiger partial charge in [-0.25, -0.2) is 0 Å². The van der Waals surface area contributed by atoms with Crippen LogP contribution >= 0.6 is 0 Å². The summed E-state index contributed by atoms with van der Waals surface area (Å²) in [5, 5.41) is 0. The van der Waals surface area contributed by atoms with Crippen molar-refractivity contribution in [3.05, 3.63) is 228 Å². The summed E-state index contributed by atoms with van der Waals surface area (Å²) in [5.74, 6) is 0. The van der Waals surface area contributed by atoms with Crippen LogP contribution in [0.4, 0.5) is 28.4 Å². The molecule has 0 amide bonds. The van der Waals surface area contributed by atoms with Crippen molar-refractivity contribution in [2.24, 2.45) is 0 Å². The summed E-state index contributed by atoms with van der Waals surface area (Å²) in [5.41, 5.74) is 20.7. The summed E-state index contributed by atoms with van der Waals surface area (Å²) in [6.07, 6.45) is 10.4. The molecule has 0 aromatic heterocycles. The van der Waals surface area contributed by atoms with Gasteiger partial charge in [0.1, 0.15) is 0 Å². The van der Waals surface area contributed by atoms with Gasteiger partial charge in [-0.3, -0.25) is 0 Å². The van der Waals surface area contributed by atoms with Gasteiger partial charge in [0, 0.05) is 34.5 Å². The molecule has 0 fully saturated rings. The van der Waals surface area contributed by atoms with Crippen molar-refractivity contribution in [1.29, 1.82) is 0 Å². The first-order valence-electron chi connectivity index (χ1n) is 19.5. The van der Waals surface area contributed by atoms with Gasteiger partial charge in [0.25, 0.3) is 0 Å². The van der Waals surface area contributed by atoms with Crippen molar-refractivity contribution < 1.29 is 0 Å². The number of hydrogen-bond acceptors (Lipinski definition) is 2. The predicted octanol–water partition coefficient (Wildman–Crippen LogP) is 13.9. The molecule has 10 rings (SSSR count). The molecule has 7 aromatic carbocycles. The van der Waals surface area contributed by atoms with E-state index in [1.807, 2.05) is 0 Å². The van der Waals surface area contributed by atoms with Gasteiger partial charge in [-0.05, 0) is 135 Å². The van der Waals surface area contributed by atoms with Gasteiger partial charge in [0.2, 0.25) is 0 Å². The molecule has 1 aliphatic heterocycles. The van der Waals surface area contributed by atoms with Crippen LogP contribution in [-0.4, -0.2) is 0 Å². The summed E-state index contributed by atoms with van der Waals surface area (Å²) in [6.45, 7) is 9.08. The smallest absolute Gasteiger partial charge is 0.0726 e. The summed E-state index contributed by atoms with van der Waals surface area (Å²) in [7, 11) is 0. The normalized spacial score (nSPS) is 15.3. The second kappa shape index (κ2) is 13.0. The Morgan fingerprint density at radius 3 is 1.75 bits per heavy atom. The maximum Gasteiger partial charge on any atom is 0.0726 e. The van der Waals surface area contributed by atoms with Crippen LogP contribution in [0.5, 0.6) is 0 Å². The van der Waals surface area contributed by atoms with Crippen molar-refractivity contribution in [3.8, 4) is 22.3 Å². The Kier molecular flexibility index (Phi) is 7.81. The lowest BCUT2D eigenvalue weighted by molar-refractivity contribution is 0.789. The van der Waals surface area contributed by atoms with E-state index in [1.165, 1.54) is 55.6 Å². The van der Waals surface area contributed by atoms with Crippen molar-refractivity contribution in [2.45, 2.75) is 32.1 Å². The number of fused-ring (bicyclic) bond motifs is 11. The fraction of sp³-hybridized carbons (Fsp3) is 0.0943. The Morgan fingerprint density at radius 2 is 1.05 bits per heavy atom. The Bertz CT molecular complexity index is 2650. The summed E-state index contributed by atoms with van der Waals surface area (Å²) < 4.78 is 0. The van der Waals surface area contributed by atoms with Gasteiger partial charge in [-0.2, -0.15) is 0 Å². The number of para-hydroxylation sites is 2. The van der Waals surface area contributed by atoms with Crippen LogP contribution in [0.25, 0.3) is 27.8 Å². The zero-order valence-electron chi connectivity index (χ0n) is 31.3. The van der Waals surface area contributed by atoms with E-state index in [1.54, 1.807) is 0 Å². The van der Waals surface area contributed by atoms with Crippen molar-refractivity contribution in [1.82, 2.24) is 0 Å². The summed E-state index contributed by atoms with van der Waals surface area (Å²) >= 11 is 0. The highest BCUT2D eigenvalue weighted by Crippen LogP contribution is 2.63. The number of hydrogen-bond donors (Lipinski definition) is 0. The van der Waals surface area contributed by atoms with Crippen molar-refractivity contribution in [2.75, 3.05) is 9.80 Å². The highest BCUT2D eigenvalue weighted by Gasteiger charge is 2.52. The third-order valence-corrected chi connectivity index (χ3v) is 11.9. The Morgan fingerprint density at radius 1 is 0.491 bits per heavy atom. The zero-order valence-corrected chi connectivity index (χ0v) is 31.3. The zero-order chi connectivity index (χ0) is 37.1. The van der Waals surface area contributed by atoms with Gasteiger partial charge in [-0.15, -0.1) is 0 Å². The second-order valence-corrected chi connectivity index (χ2v) is 14.8. The molecule has 55 heavy (non-hydrogen) atoms. The minimum absolute atomic E-state index is 0.432. The molecule has 0 unspecified atom stereocenters. The van der Waals surface area contributed by atoms with E-state index in [2.05, 4.69) is 212 Å². The minimum atomic E-state index is -0.432. The minimum Gasteiger partial charge on any atom is -0.317 e. The maximum atomic E-state index is 4.55. The number of allylic oxidation sites excluding steroid dienone is 4. The monoisotopic (exact) mass is 706 g/mol. The molecule has 0 radical (unpaired) electrons.